The fourth-order valence-corrected chi connectivity index (χ4v) is 3.16. The number of para-hydroxylation sites is 1. The van der Waals surface area contributed by atoms with Crippen molar-refractivity contribution in [2.24, 2.45) is 5.92 Å². The first-order valence-corrected chi connectivity index (χ1v) is 8.07. The van der Waals surface area contributed by atoms with Gasteiger partial charge in [0.05, 0.1) is 12.6 Å². The van der Waals surface area contributed by atoms with Crippen LogP contribution in [0.5, 0.6) is 0 Å². The van der Waals surface area contributed by atoms with Crippen molar-refractivity contribution in [2.45, 2.75) is 25.4 Å². The molecule has 1 saturated heterocycles. The maximum absolute atomic E-state index is 13.1. The van der Waals surface area contributed by atoms with Gasteiger partial charge in [-0.1, -0.05) is 12.1 Å². The molecule has 1 aromatic heterocycles. The van der Waals surface area contributed by atoms with E-state index in [2.05, 4.69) is 14.7 Å². The number of anilines is 1. The van der Waals surface area contributed by atoms with E-state index in [1.165, 1.54) is 7.11 Å². The third-order valence-electron chi connectivity index (χ3n) is 4.52. The number of ether oxygens (including phenoxy) is 1. The number of fused-ring (bicyclic) bond motifs is 1. The number of benzene rings is 1. The van der Waals surface area contributed by atoms with Gasteiger partial charge in [0.15, 0.2) is 11.9 Å². The molecule has 6 nitrogen and oxygen atoms in total. The molecule has 1 unspecified atom stereocenters. The summed E-state index contributed by atoms with van der Waals surface area (Å²) in [5.74, 6) is -0.894. The van der Waals surface area contributed by atoms with Gasteiger partial charge in [0.1, 0.15) is 5.82 Å². The maximum Gasteiger partial charge on any atom is 0.334 e. The first-order valence-electron chi connectivity index (χ1n) is 8.07. The highest BCUT2D eigenvalue weighted by molar-refractivity contribution is 5.89. The second-order valence-electron chi connectivity index (χ2n) is 6.02. The molecule has 0 aliphatic carbocycles. The molecule has 1 aromatic carbocycles. The Bertz CT molecular complexity index is 764. The zero-order valence-corrected chi connectivity index (χ0v) is 13.7. The van der Waals surface area contributed by atoms with Crippen molar-refractivity contribution in [1.29, 1.82) is 0 Å². The third-order valence-corrected chi connectivity index (χ3v) is 4.52. The first-order chi connectivity index (χ1) is 12.0. The molecule has 0 amide bonds. The molecule has 3 rings (SSSR count). The van der Waals surface area contributed by atoms with Crippen LogP contribution in [0.1, 0.15) is 25.1 Å². The van der Waals surface area contributed by atoms with Gasteiger partial charge in [0, 0.05) is 18.5 Å². The Hall–Kier alpha value is -2.35. The number of hydrogen-bond donors (Lipinski definition) is 1. The van der Waals surface area contributed by atoms with Gasteiger partial charge < -0.3 is 14.7 Å². The Morgan fingerprint density at radius 2 is 1.96 bits per heavy atom. The lowest BCUT2D eigenvalue weighted by atomic mass is 9.91. The second kappa shape index (κ2) is 7.26. The van der Waals surface area contributed by atoms with Crippen molar-refractivity contribution < 1.29 is 23.4 Å². The molecule has 1 aliphatic heterocycles. The number of methoxy groups -OCH3 is 1. The number of carbonyl (C=O) groups excluding carboxylic acids is 1. The van der Waals surface area contributed by atoms with Crippen molar-refractivity contribution in [3.8, 4) is 0 Å². The van der Waals surface area contributed by atoms with Crippen LogP contribution in [-0.2, 0) is 9.53 Å². The summed E-state index contributed by atoms with van der Waals surface area (Å²) in [7, 11) is 1.24. The van der Waals surface area contributed by atoms with Gasteiger partial charge >= 0.3 is 5.97 Å². The second-order valence-corrected chi connectivity index (χ2v) is 6.02. The van der Waals surface area contributed by atoms with Gasteiger partial charge in [0.2, 0.25) is 0 Å². The number of rotatable bonds is 4. The maximum atomic E-state index is 13.1. The molecule has 0 saturated carbocycles. The van der Waals surface area contributed by atoms with Crippen LogP contribution in [-0.4, -0.2) is 47.3 Å². The van der Waals surface area contributed by atoms with Crippen molar-refractivity contribution in [2.75, 3.05) is 25.1 Å². The fraction of sp³-hybridized carbons (Fsp3) is 0.471. The third kappa shape index (κ3) is 3.53. The Balaban J connectivity index is 1.84. The fourth-order valence-electron chi connectivity index (χ4n) is 3.16. The standard InChI is InChI=1S/C17H19F2N3O3/c1-25-17(24)13(23)10-6-8-22(9-7-10)16-11-4-2-3-5-12(11)20-15(21-16)14(18)19/h2-5,10,13-14,23H,6-9H2,1H3. The summed E-state index contributed by atoms with van der Waals surface area (Å²) >= 11 is 0. The number of alkyl halides is 2. The Labute approximate surface area is 143 Å². The minimum Gasteiger partial charge on any atom is -0.467 e. The molecule has 2 heterocycles. The molecule has 0 radical (unpaired) electrons. The molecule has 0 bridgehead atoms. The normalized spacial score (nSPS) is 17.1. The zero-order valence-electron chi connectivity index (χ0n) is 13.7. The minimum atomic E-state index is -2.75. The van der Waals surface area contributed by atoms with E-state index in [0.717, 1.165) is 0 Å². The van der Waals surface area contributed by atoms with Crippen molar-refractivity contribution in [3.05, 3.63) is 30.1 Å². The molecule has 25 heavy (non-hydrogen) atoms. The van der Waals surface area contributed by atoms with Crippen LogP contribution < -0.4 is 4.90 Å². The largest absolute Gasteiger partial charge is 0.467 e. The molecular formula is C17H19F2N3O3. The van der Waals surface area contributed by atoms with Gasteiger partial charge in [-0.3, -0.25) is 0 Å². The molecule has 1 atom stereocenters. The van der Waals surface area contributed by atoms with Crippen LogP contribution >= 0.6 is 0 Å². The number of aromatic nitrogens is 2. The molecule has 1 N–H and O–H groups in total. The van der Waals surface area contributed by atoms with Crippen LogP contribution in [0.15, 0.2) is 24.3 Å². The molecule has 0 spiro atoms. The van der Waals surface area contributed by atoms with Crippen LogP contribution in [0.2, 0.25) is 0 Å². The number of piperidine rings is 1. The van der Waals surface area contributed by atoms with Crippen molar-refractivity contribution in [1.82, 2.24) is 9.97 Å². The van der Waals surface area contributed by atoms with Gasteiger partial charge in [-0.15, -0.1) is 0 Å². The average Bonchev–Trinajstić information content (AvgIpc) is 2.66. The Morgan fingerprint density at radius 3 is 2.60 bits per heavy atom. The minimum absolute atomic E-state index is 0.216. The van der Waals surface area contributed by atoms with Gasteiger partial charge in [-0.25, -0.2) is 23.5 Å². The lowest BCUT2D eigenvalue weighted by Crippen LogP contribution is -2.41. The summed E-state index contributed by atoms with van der Waals surface area (Å²) in [4.78, 5) is 21.3. The van der Waals surface area contributed by atoms with Crippen LogP contribution in [0, 0.1) is 5.92 Å². The van der Waals surface area contributed by atoms with E-state index >= 15 is 0 Å². The summed E-state index contributed by atoms with van der Waals surface area (Å²) in [5.41, 5.74) is 0.472. The number of halogens is 2. The number of carbonyl (C=O) groups is 1. The molecule has 2 aromatic rings. The lowest BCUT2D eigenvalue weighted by molar-refractivity contribution is -0.153. The smallest absolute Gasteiger partial charge is 0.334 e. The molecule has 1 aliphatic rings. The summed E-state index contributed by atoms with van der Waals surface area (Å²) < 4.78 is 30.8. The molecular weight excluding hydrogens is 332 g/mol. The van der Waals surface area contributed by atoms with E-state index in [4.69, 9.17) is 0 Å². The molecule has 134 valence electrons. The summed E-state index contributed by atoms with van der Waals surface area (Å²) in [6.45, 7) is 1.00. The predicted molar refractivity (Wildman–Crippen MR) is 87.5 cm³/mol. The average molecular weight is 351 g/mol. The summed E-state index contributed by atoms with van der Waals surface area (Å²) in [5, 5.41) is 10.7. The highest BCUT2D eigenvalue weighted by Gasteiger charge is 2.31. The number of nitrogens with zero attached hydrogens (tertiary/aromatic N) is 3. The van der Waals surface area contributed by atoms with E-state index in [-0.39, 0.29) is 5.92 Å². The lowest BCUT2D eigenvalue weighted by Gasteiger charge is -2.34. The van der Waals surface area contributed by atoms with Crippen molar-refractivity contribution in [3.63, 3.8) is 0 Å². The molecule has 8 heteroatoms. The Kier molecular flexibility index (Phi) is 5.08. The van der Waals surface area contributed by atoms with E-state index in [0.29, 0.717) is 42.7 Å². The first kappa shape index (κ1) is 17.5. The zero-order chi connectivity index (χ0) is 18.0. The summed E-state index contributed by atoms with van der Waals surface area (Å²) in [6.07, 6.45) is -2.83. The Morgan fingerprint density at radius 1 is 1.28 bits per heavy atom. The quantitative estimate of drug-likeness (QED) is 0.852. The van der Waals surface area contributed by atoms with Crippen LogP contribution in [0.25, 0.3) is 10.9 Å². The van der Waals surface area contributed by atoms with Gasteiger partial charge in [0.25, 0.3) is 6.43 Å². The number of aliphatic hydroxyl groups is 1. The predicted octanol–water partition coefficient (Wildman–Crippen LogP) is 2.32. The van der Waals surface area contributed by atoms with Crippen LogP contribution in [0.4, 0.5) is 14.6 Å². The van der Waals surface area contributed by atoms with E-state index in [9.17, 15) is 18.7 Å². The highest BCUT2D eigenvalue weighted by atomic mass is 19.3. The number of hydrogen-bond acceptors (Lipinski definition) is 6. The summed E-state index contributed by atoms with van der Waals surface area (Å²) in [6, 6.07) is 7.04. The van der Waals surface area contributed by atoms with Crippen molar-refractivity contribution >= 4 is 22.7 Å². The van der Waals surface area contributed by atoms with E-state index in [1.807, 2.05) is 11.0 Å². The van der Waals surface area contributed by atoms with E-state index < -0.39 is 24.3 Å². The topological polar surface area (TPSA) is 75.6 Å². The number of aliphatic hydroxyl groups excluding tert-OH is 1. The van der Waals surface area contributed by atoms with Gasteiger partial charge in [-0.05, 0) is 30.9 Å². The SMILES string of the molecule is COC(=O)C(O)C1CCN(c2nc(C(F)F)nc3ccccc23)CC1. The van der Waals surface area contributed by atoms with Gasteiger partial charge in [-0.2, -0.15) is 0 Å². The highest BCUT2D eigenvalue weighted by Crippen LogP contribution is 2.31. The number of esters is 1. The molecule has 1 fully saturated rings. The monoisotopic (exact) mass is 351 g/mol. The van der Waals surface area contributed by atoms with Crippen LogP contribution in [0.3, 0.4) is 0 Å². The van der Waals surface area contributed by atoms with E-state index in [1.54, 1.807) is 18.2 Å².